The molecule has 1 heterocycles. The van der Waals surface area contributed by atoms with Crippen molar-refractivity contribution < 1.29 is 27.5 Å². The van der Waals surface area contributed by atoms with Crippen molar-refractivity contribution in [2.45, 2.75) is 39.3 Å². The summed E-state index contributed by atoms with van der Waals surface area (Å²) in [6.07, 6.45) is 1.49. The minimum Gasteiger partial charge on any atom is -0.454 e. The number of amides is 2. The van der Waals surface area contributed by atoms with Crippen LogP contribution in [0.4, 0.5) is 5.69 Å². The van der Waals surface area contributed by atoms with Crippen LogP contribution in [-0.4, -0.2) is 57.8 Å². The van der Waals surface area contributed by atoms with Gasteiger partial charge in [0.25, 0.3) is 0 Å². The summed E-state index contributed by atoms with van der Waals surface area (Å²) in [6.45, 7) is 4.14. The third kappa shape index (κ3) is 6.19. The molecule has 2 amide bonds. The van der Waals surface area contributed by atoms with Crippen molar-refractivity contribution in [3.63, 3.8) is 0 Å². The Morgan fingerprint density at radius 2 is 1.76 bits per heavy atom. The molecule has 1 aliphatic heterocycles. The van der Waals surface area contributed by atoms with Crippen LogP contribution in [0.1, 0.15) is 30.9 Å². The maximum atomic E-state index is 13.1. The van der Waals surface area contributed by atoms with Gasteiger partial charge in [0.05, 0.1) is 11.9 Å². The van der Waals surface area contributed by atoms with Gasteiger partial charge in [0, 0.05) is 32.6 Å². The number of benzene rings is 2. The highest BCUT2D eigenvalue weighted by atomic mass is 32.2. The number of hydrogen-bond donors (Lipinski definition) is 1. The number of hydrogen-bond acceptors (Lipinski definition) is 6. The summed E-state index contributed by atoms with van der Waals surface area (Å²) in [5.41, 5.74) is 2.45. The number of ether oxygens (including phenoxy) is 2. The van der Waals surface area contributed by atoms with Crippen LogP contribution in [0.2, 0.25) is 0 Å². The largest absolute Gasteiger partial charge is 0.454 e. The molecule has 34 heavy (non-hydrogen) atoms. The lowest BCUT2D eigenvalue weighted by Gasteiger charge is -2.29. The number of anilines is 1. The van der Waals surface area contributed by atoms with Crippen molar-refractivity contribution in [1.82, 2.24) is 10.2 Å². The number of carbonyl (C=O) groups excluding carboxylic acids is 2. The quantitative estimate of drug-likeness (QED) is 0.550. The first-order chi connectivity index (χ1) is 16.1. The van der Waals surface area contributed by atoms with E-state index in [1.165, 1.54) is 16.3 Å². The Morgan fingerprint density at radius 1 is 1.09 bits per heavy atom. The van der Waals surface area contributed by atoms with Gasteiger partial charge in [0.15, 0.2) is 11.5 Å². The van der Waals surface area contributed by atoms with E-state index < -0.39 is 16.1 Å². The molecule has 9 nitrogen and oxygen atoms in total. The predicted molar refractivity (Wildman–Crippen MR) is 129 cm³/mol. The van der Waals surface area contributed by atoms with Crippen LogP contribution in [0.3, 0.4) is 0 Å². The zero-order valence-corrected chi connectivity index (χ0v) is 20.7. The van der Waals surface area contributed by atoms with Gasteiger partial charge in [-0.2, -0.15) is 0 Å². The van der Waals surface area contributed by atoms with E-state index in [4.69, 9.17) is 9.47 Å². The second-order valence-corrected chi connectivity index (χ2v) is 10.2. The van der Waals surface area contributed by atoms with Crippen molar-refractivity contribution in [3.05, 3.63) is 53.6 Å². The molecule has 184 valence electrons. The Balaban J connectivity index is 1.71. The molecule has 0 radical (unpaired) electrons. The van der Waals surface area contributed by atoms with Gasteiger partial charge >= 0.3 is 0 Å². The Bertz CT molecular complexity index is 1130. The predicted octanol–water partition coefficient (Wildman–Crippen LogP) is 2.43. The smallest absolute Gasteiger partial charge is 0.242 e. The molecule has 0 spiro atoms. The van der Waals surface area contributed by atoms with Gasteiger partial charge in [-0.1, -0.05) is 29.8 Å². The molecule has 10 heteroatoms. The van der Waals surface area contributed by atoms with E-state index in [0.29, 0.717) is 17.2 Å². The zero-order chi connectivity index (χ0) is 24.9. The van der Waals surface area contributed by atoms with Crippen LogP contribution in [0.25, 0.3) is 0 Å². The molecule has 2 aromatic carbocycles. The van der Waals surface area contributed by atoms with E-state index in [9.17, 15) is 18.0 Å². The molecule has 0 saturated carbocycles. The second kappa shape index (κ2) is 10.8. The lowest BCUT2D eigenvalue weighted by molar-refractivity contribution is -0.140. The lowest BCUT2D eigenvalue weighted by atomic mass is 10.1. The third-order valence-corrected chi connectivity index (χ3v) is 6.88. The summed E-state index contributed by atoms with van der Waals surface area (Å²) in [7, 11) is -2.06. The highest BCUT2D eigenvalue weighted by molar-refractivity contribution is 7.92. The Labute approximate surface area is 200 Å². The SMILES string of the molecule is CNC(=O)[C@H](C)N(Cc1ccc(C)cc1)C(=O)CCCN(c1ccc2c(c1)OCO2)S(C)(=O)=O. The van der Waals surface area contributed by atoms with E-state index in [1.807, 2.05) is 31.2 Å². The van der Waals surface area contributed by atoms with E-state index in [-0.39, 0.29) is 44.5 Å². The Kier molecular flexibility index (Phi) is 8.03. The van der Waals surface area contributed by atoms with E-state index in [1.54, 1.807) is 25.1 Å². The molecule has 0 saturated heterocycles. The van der Waals surface area contributed by atoms with Gasteiger partial charge in [-0.15, -0.1) is 0 Å². The van der Waals surface area contributed by atoms with E-state index >= 15 is 0 Å². The maximum Gasteiger partial charge on any atom is 0.242 e. The number of carbonyl (C=O) groups is 2. The molecule has 1 N–H and O–H groups in total. The van der Waals surface area contributed by atoms with Crippen LogP contribution in [0.15, 0.2) is 42.5 Å². The lowest BCUT2D eigenvalue weighted by Crippen LogP contribution is -2.46. The number of sulfonamides is 1. The van der Waals surface area contributed by atoms with Gasteiger partial charge in [-0.3, -0.25) is 13.9 Å². The summed E-state index contributed by atoms with van der Waals surface area (Å²) in [4.78, 5) is 26.9. The van der Waals surface area contributed by atoms with Crippen LogP contribution in [0.5, 0.6) is 11.5 Å². The first-order valence-electron chi connectivity index (χ1n) is 11.0. The van der Waals surface area contributed by atoms with Crippen LogP contribution < -0.4 is 19.1 Å². The fraction of sp³-hybridized carbons (Fsp3) is 0.417. The monoisotopic (exact) mass is 489 g/mol. The van der Waals surface area contributed by atoms with Crippen LogP contribution >= 0.6 is 0 Å². The van der Waals surface area contributed by atoms with E-state index in [2.05, 4.69) is 5.32 Å². The minimum absolute atomic E-state index is 0.0871. The van der Waals surface area contributed by atoms with Gasteiger partial charge in [0.2, 0.25) is 28.6 Å². The van der Waals surface area contributed by atoms with Crippen LogP contribution in [0, 0.1) is 6.92 Å². The van der Waals surface area contributed by atoms with Crippen molar-refractivity contribution in [1.29, 1.82) is 0 Å². The molecule has 0 bridgehead atoms. The first-order valence-corrected chi connectivity index (χ1v) is 12.9. The van der Waals surface area contributed by atoms with Gasteiger partial charge in [-0.05, 0) is 38.0 Å². The first kappa shape index (κ1) is 25.4. The van der Waals surface area contributed by atoms with Crippen molar-refractivity contribution in [2.75, 3.05) is 30.9 Å². The Hall–Kier alpha value is -3.27. The molecule has 0 aliphatic carbocycles. The molecular formula is C24H31N3O6S. The molecule has 0 aromatic heterocycles. The third-order valence-electron chi connectivity index (χ3n) is 5.68. The normalized spacial score (nSPS) is 13.3. The van der Waals surface area contributed by atoms with Crippen molar-refractivity contribution >= 4 is 27.5 Å². The number of nitrogens with zero attached hydrogens (tertiary/aromatic N) is 2. The average molecular weight is 490 g/mol. The molecule has 0 fully saturated rings. The van der Waals surface area contributed by atoms with Gasteiger partial charge in [-0.25, -0.2) is 8.42 Å². The van der Waals surface area contributed by atoms with Crippen molar-refractivity contribution in [3.8, 4) is 11.5 Å². The fourth-order valence-corrected chi connectivity index (χ4v) is 4.68. The summed E-state index contributed by atoms with van der Waals surface area (Å²) in [5.74, 6) is 0.544. The number of fused-ring (bicyclic) bond motifs is 1. The highest BCUT2D eigenvalue weighted by Gasteiger charge is 2.26. The van der Waals surface area contributed by atoms with Gasteiger partial charge in [0.1, 0.15) is 6.04 Å². The summed E-state index contributed by atoms with van der Waals surface area (Å²) >= 11 is 0. The summed E-state index contributed by atoms with van der Waals surface area (Å²) in [5, 5.41) is 2.59. The number of aryl methyl sites for hydroxylation is 1. The van der Waals surface area contributed by atoms with Crippen LogP contribution in [-0.2, 0) is 26.2 Å². The standard InChI is InChI=1S/C24H31N3O6S/c1-17-7-9-19(10-8-17)15-26(18(2)24(29)25-3)23(28)6-5-13-27(34(4,30)31)20-11-12-21-22(14-20)33-16-32-21/h7-12,14,18H,5-6,13,15-16H2,1-4H3,(H,25,29)/t18-/m0/s1. The molecule has 0 unspecified atom stereocenters. The average Bonchev–Trinajstić information content (AvgIpc) is 3.27. The van der Waals surface area contributed by atoms with Gasteiger partial charge < -0.3 is 19.7 Å². The summed E-state index contributed by atoms with van der Waals surface area (Å²) in [6, 6.07) is 12.0. The number of likely N-dealkylation sites (N-methyl/N-ethyl adjacent to an activating group) is 1. The fourth-order valence-electron chi connectivity index (χ4n) is 3.73. The summed E-state index contributed by atoms with van der Waals surface area (Å²) < 4.78 is 36.8. The Morgan fingerprint density at radius 3 is 2.41 bits per heavy atom. The maximum absolute atomic E-state index is 13.1. The highest BCUT2D eigenvalue weighted by Crippen LogP contribution is 2.36. The minimum atomic E-state index is -3.59. The van der Waals surface area contributed by atoms with E-state index in [0.717, 1.165) is 17.4 Å². The number of nitrogens with one attached hydrogen (secondary N) is 1. The molecule has 2 aromatic rings. The molecule has 1 atom stereocenters. The topological polar surface area (TPSA) is 105 Å². The molecule has 3 rings (SSSR count). The number of rotatable bonds is 10. The second-order valence-electron chi connectivity index (χ2n) is 8.27. The zero-order valence-electron chi connectivity index (χ0n) is 19.9. The van der Waals surface area contributed by atoms with Crippen molar-refractivity contribution in [2.24, 2.45) is 0 Å². The molecule has 1 aliphatic rings. The molecular weight excluding hydrogens is 458 g/mol.